The zero-order valence-corrected chi connectivity index (χ0v) is 12.8. The van der Waals surface area contributed by atoms with Gasteiger partial charge in [-0.1, -0.05) is 32.0 Å². The van der Waals surface area contributed by atoms with Crippen molar-refractivity contribution >= 4 is 17.4 Å². The summed E-state index contributed by atoms with van der Waals surface area (Å²) in [6, 6.07) is 11.5. The van der Waals surface area contributed by atoms with Gasteiger partial charge < -0.3 is 4.90 Å². The summed E-state index contributed by atoms with van der Waals surface area (Å²) >= 11 is 0. The quantitative estimate of drug-likeness (QED) is 0.800. The lowest BCUT2D eigenvalue weighted by Crippen LogP contribution is -2.43. The molecule has 1 aromatic carbocycles. The minimum Gasteiger partial charge on any atom is -0.312 e. The highest BCUT2D eigenvalue weighted by Gasteiger charge is 2.53. The van der Waals surface area contributed by atoms with Crippen LogP contribution in [0.25, 0.3) is 0 Å². The second kappa shape index (κ2) is 4.81. The Hall–Kier alpha value is -2.41. The second-order valence-corrected chi connectivity index (χ2v) is 6.76. The zero-order valence-electron chi connectivity index (χ0n) is 12.8. The molecule has 1 atom stereocenters. The van der Waals surface area contributed by atoms with E-state index in [2.05, 4.69) is 0 Å². The summed E-state index contributed by atoms with van der Waals surface area (Å²) in [5, 5.41) is 9.24. The van der Waals surface area contributed by atoms with Crippen LogP contribution in [0.4, 0.5) is 5.69 Å². The van der Waals surface area contributed by atoms with Gasteiger partial charge in [0.05, 0.1) is 11.0 Å². The normalized spacial score (nSPS) is 27.0. The van der Waals surface area contributed by atoms with Gasteiger partial charge in [0.1, 0.15) is 6.07 Å². The molecular weight excluding hydrogens is 276 g/mol. The lowest BCUT2D eigenvalue weighted by Gasteiger charge is -2.37. The molecule has 1 fully saturated rings. The van der Waals surface area contributed by atoms with E-state index in [1.165, 1.54) is 0 Å². The molecule has 0 aromatic heterocycles. The fourth-order valence-electron chi connectivity index (χ4n) is 3.65. The molecule has 1 amide bonds. The number of hydrogen-bond acceptors (Lipinski definition) is 3. The molecule has 3 rings (SSSR count). The van der Waals surface area contributed by atoms with Gasteiger partial charge in [0, 0.05) is 17.6 Å². The molecular formula is C18H18N2O2. The van der Waals surface area contributed by atoms with Gasteiger partial charge in [0.15, 0.2) is 5.78 Å². The number of hydrogen-bond donors (Lipinski definition) is 0. The van der Waals surface area contributed by atoms with Crippen LogP contribution in [0.3, 0.4) is 0 Å². The van der Waals surface area contributed by atoms with Crippen LogP contribution in [0, 0.1) is 22.2 Å². The molecule has 4 heteroatoms. The molecule has 0 N–H and O–H groups in total. The van der Waals surface area contributed by atoms with Gasteiger partial charge in [-0.15, -0.1) is 0 Å². The van der Waals surface area contributed by atoms with Crippen molar-refractivity contribution in [2.24, 2.45) is 10.8 Å². The summed E-state index contributed by atoms with van der Waals surface area (Å²) in [5.41, 5.74) is -0.411. The van der Waals surface area contributed by atoms with Crippen LogP contribution in [0.2, 0.25) is 0 Å². The number of Topliss-reactive ketones (excluding diaryl/α,β-unsaturated/α-hetero) is 1. The first-order chi connectivity index (χ1) is 10.4. The van der Waals surface area contributed by atoms with E-state index < -0.39 is 10.8 Å². The Bertz CT molecular complexity index is 712. The lowest BCUT2D eigenvalue weighted by atomic mass is 9.64. The average molecular weight is 294 g/mol. The van der Waals surface area contributed by atoms with Crippen molar-refractivity contribution in [1.29, 1.82) is 5.26 Å². The Morgan fingerprint density at radius 1 is 1.18 bits per heavy atom. The summed E-state index contributed by atoms with van der Waals surface area (Å²) < 4.78 is 0. The van der Waals surface area contributed by atoms with Crippen molar-refractivity contribution in [3.8, 4) is 6.07 Å². The molecule has 0 bridgehead atoms. The Morgan fingerprint density at radius 2 is 1.86 bits per heavy atom. The van der Waals surface area contributed by atoms with Crippen LogP contribution in [0.5, 0.6) is 0 Å². The monoisotopic (exact) mass is 294 g/mol. The molecule has 2 aliphatic rings. The highest BCUT2D eigenvalue weighted by molar-refractivity contribution is 6.08. The molecule has 112 valence electrons. The predicted octanol–water partition coefficient (Wildman–Crippen LogP) is 2.86. The van der Waals surface area contributed by atoms with E-state index in [0.717, 1.165) is 5.69 Å². The van der Waals surface area contributed by atoms with Crippen molar-refractivity contribution in [3.63, 3.8) is 0 Å². The number of ketones is 1. The van der Waals surface area contributed by atoms with E-state index >= 15 is 0 Å². The fourth-order valence-corrected chi connectivity index (χ4v) is 3.65. The van der Waals surface area contributed by atoms with Crippen LogP contribution in [0.1, 0.15) is 26.7 Å². The van der Waals surface area contributed by atoms with Crippen molar-refractivity contribution in [1.82, 2.24) is 0 Å². The van der Waals surface area contributed by atoms with E-state index in [1.54, 1.807) is 11.0 Å². The van der Waals surface area contributed by atoms with Gasteiger partial charge in [-0.05, 0) is 31.1 Å². The molecule has 1 unspecified atom stereocenters. The number of carbonyl (C=O) groups is 2. The Balaban J connectivity index is 2.02. The Kier molecular flexibility index (Phi) is 3.17. The van der Waals surface area contributed by atoms with Gasteiger partial charge >= 0.3 is 0 Å². The molecule has 1 spiro atoms. The number of allylic oxidation sites excluding steroid dienone is 1. The number of carbonyl (C=O) groups excluding carboxylic acids is 2. The van der Waals surface area contributed by atoms with Crippen LogP contribution in [0.15, 0.2) is 42.0 Å². The van der Waals surface area contributed by atoms with Gasteiger partial charge in [-0.3, -0.25) is 9.59 Å². The first-order valence-corrected chi connectivity index (χ1v) is 7.44. The van der Waals surface area contributed by atoms with Crippen LogP contribution in [-0.4, -0.2) is 18.2 Å². The second-order valence-electron chi connectivity index (χ2n) is 6.76. The summed E-state index contributed by atoms with van der Waals surface area (Å²) in [6.07, 6.45) is 2.72. The average Bonchev–Trinajstić information content (AvgIpc) is 2.80. The smallest absolute Gasteiger partial charge is 0.237 e. The Labute approximate surface area is 130 Å². The van der Waals surface area contributed by atoms with Gasteiger partial charge in [0.2, 0.25) is 5.91 Å². The minimum absolute atomic E-state index is 0.00738. The van der Waals surface area contributed by atoms with E-state index in [-0.39, 0.29) is 17.3 Å². The van der Waals surface area contributed by atoms with Crippen LogP contribution in [-0.2, 0) is 9.59 Å². The fraction of sp³-hybridized carbons (Fsp3) is 0.389. The van der Waals surface area contributed by atoms with Crippen molar-refractivity contribution in [2.45, 2.75) is 26.7 Å². The molecule has 1 heterocycles. The number of amides is 1. The maximum absolute atomic E-state index is 13.0. The summed E-state index contributed by atoms with van der Waals surface area (Å²) in [7, 11) is 0. The molecule has 0 radical (unpaired) electrons. The number of nitrogens with zero attached hydrogens (tertiary/aromatic N) is 2. The SMILES string of the molecule is CC1(C)CC2(C=C(C#N)C1=O)CCN(c1ccccc1)C2=O. The third-order valence-corrected chi connectivity index (χ3v) is 4.68. The first-order valence-electron chi connectivity index (χ1n) is 7.44. The minimum atomic E-state index is -0.724. The third-order valence-electron chi connectivity index (χ3n) is 4.68. The summed E-state index contributed by atoms with van der Waals surface area (Å²) in [5.74, 6) is -0.168. The molecule has 22 heavy (non-hydrogen) atoms. The summed E-state index contributed by atoms with van der Waals surface area (Å²) in [6.45, 7) is 4.25. The third kappa shape index (κ3) is 2.05. The highest BCUT2D eigenvalue weighted by atomic mass is 16.2. The standard InChI is InChI=1S/C18H18N2O2/c1-17(2)12-18(10-13(11-19)15(17)21)8-9-20(16(18)22)14-6-4-3-5-7-14/h3-7,10H,8-9,12H2,1-2H3. The van der Waals surface area contributed by atoms with Gasteiger partial charge in [-0.25, -0.2) is 0 Å². The van der Waals surface area contributed by atoms with E-state index in [4.69, 9.17) is 0 Å². The van der Waals surface area contributed by atoms with Crippen molar-refractivity contribution in [2.75, 3.05) is 11.4 Å². The Morgan fingerprint density at radius 3 is 2.50 bits per heavy atom. The van der Waals surface area contributed by atoms with Gasteiger partial charge in [0.25, 0.3) is 0 Å². The topological polar surface area (TPSA) is 61.2 Å². The zero-order chi connectivity index (χ0) is 16.0. The summed E-state index contributed by atoms with van der Waals surface area (Å²) in [4.78, 5) is 27.0. The molecule has 4 nitrogen and oxygen atoms in total. The first kappa shape index (κ1) is 14.5. The van der Waals surface area contributed by atoms with Crippen LogP contribution >= 0.6 is 0 Å². The molecule has 1 saturated heterocycles. The largest absolute Gasteiger partial charge is 0.312 e. The van der Waals surface area contributed by atoms with Crippen LogP contribution < -0.4 is 4.90 Å². The maximum atomic E-state index is 13.0. The van der Waals surface area contributed by atoms with Gasteiger partial charge in [-0.2, -0.15) is 5.26 Å². The van der Waals surface area contributed by atoms with Crippen molar-refractivity contribution < 1.29 is 9.59 Å². The lowest BCUT2D eigenvalue weighted by molar-refractivity contribution is -0.130. The number of rotatable bonds is 1. The molecule has 1 aliphatic carbocycles. The maximum Gasteiger partial charge on any atom is 0.237 e. The predicted molar refractivity (Wildman–Crippen MR) is 82.9 cm³/mol. The number of nitriles is 1. The molecule has 0 saturated carbocycles. The van der Waals surface area contributed by atoms with E-state index in [1.807, 2.05) is 50.2 Å². The molecule has 1 aromatic rings. The van der Waals surface area contributed by atoms with E-state index in [9.17, 15) is 14.9 Å². The van der Waals surface area contributed by atoms with Crippen molar-refractivity contribution in [3.05, 3.63) is 42.0 Å². The number of para-hydroxylation sites is 1. The number of anilines is 1. The number of benzene rings is 1. The highest BCUT2D eigenvalue weighted by Crippen LogP contribution is 2.49. The molecule has 1 aliphatic heterocycles. The van der Waals surface area contributed by atoms with E-state index in [0.29, 0.717) is 19.4 Å².